The van der Waals surface area contributed by atoms with E-state index < -0.39 is 0 Å². The maximum Gasteiger partial charge on any atom is 0.0522 e. The molecule has 2 heterocycles. The molecule has 1 aromatic rings. The van der Waals surface area contributed by atoms with Crippen LogP contribution in [0.3, 0.4) is 0 Å². The average Bonchev–Trinajstić information content (AvgIpc) is 3.09. The summed E-state index contributed by atoms with van der Waals surface area (Å²) in [5.74, 6) is 0. The highest BCUT2D eigenvalue weighted by Crippen LogP contribution is 2.26. The molecule has 0 aromatic carbocycles. The van der Waals surface area contributed by atoms with Gasteiger partial charge in [0.1, 0.15) is 0 Å². The van der Waals surface area contributed by atoms with Crippen LogP contribution in [0.2, 0.25) is 0 Å². The van der Waals surface area contributed by atoms with Crippen molar-refractivity contribution in [3.8, 4) is 0 Å². The van der Waals surface area contributed by atoms with Crippen LogP contribution >= 0.6 is 0 Å². The van der Waals surface area contributed by atoms with Crippen LogP contribution in [0.4, 0.5) is 0 Å². The summed E-state index contributed by atoms with van der Waals surface area (Å²) in [6.07, 6.45) is 7.95. The number of nitrogens with one attached hydrogen (secondary N) is 1. The molecule has 1 fully saturated rings. The van der Waals surface area contributed by atoms with Crippen molar-refractivity contribution < 1.29 is 0 Å². The Balaban J connectivity index is 2.08. The first-order valence-electron chi connectivity index (χ1n) is 8.07. The van der Waals surface area contributed by atoms with Gasteiger partial charge in [-0.05, 0) is 65.2 Å². The standard InChI is InChI=1S/C16H30N4/c1-5-17-15(11-14-12-18-20(6-2)13-14)16(3,4)19-9-7-8-10-19/h12-13,15,17H,5-11H2,1-4H3. The van der Waals surface area contributed by atoms with Crippen molar-refractivity contribution in [1.82, 2.24) is 20.0 Å². The zero-order valence-corrected chi connectivity index (χ0v) is 13.5. The lowest BCUT2D eigenvalue weighted by Crippen LogP contribution is -2.57. The molecule has 0 spiro atoms. The Hall–Kier alpha value is -0.870. The topological polar surface area (TPSA) is 33.1 Å². The summed E-state index contributed by atoms with van der Waals surface area (Å²) < 4.78 is 2.02. The Kier molecular flexibility index (Phi) is 5.22. The minimum absolute atomic E-state index is 0.195. The second-order valence-electron chi connectivity index (χ2n) is 6.37. The van der Waals surface area contributed by atoms with Crippen molar-refractivity contribution in [2.45, 2.75) is 65.1 Å². The van der Waals surface area contributed by atoms with E-state index in [-0.39, 0.29) is 5.54 Å². The first kappa shape index (κ1) is 15.5. The lowest BCUT2D eigenvalue weighted by molar-refractivity contribution is 0.107. The largest absolute Gasteiger partial charge is 0.312 e. The van der Waals surface area contributed by atoms with Crippen LogP contribution in [-0.4, -0.2) is 45.9 Å². The number of aryl methyl sites for hydroxylation is 1. The Morgan fingerprint density at radius 2 is 2.00 bits per heavy atom. The highest BCUT2D eigenvalue weighted by atomic mass is 15.3. The van der Waals surface area contributed by atoms with E-state index in [0.29, 0.717) is 6.04 Å². The van der Waals surface area contributed by atoms with Crippen LogP contribution in [0.1, 0.15) is 46.1 Å². The molecule has 1 saturated heterocycles. The van der Waals surface area contributed by atoms with Crippen LogP contribution < -0.4 is 5.32 Å². The first-order valence-corrected chi connectivity index (χ1v) is 8.07. The number of aromatic nitrogens is 2. The molecule has 1 aliphatic heterocycles. The van der Waals surface area contributed by atoms with E-state index in [1.807, 2.05) is 10.9 Å². The Labute approximate surface area is 123 Å². The van der Waals surface area contributed by atoms with Crippen LogP contribution in [0.15, 0.2) is 12.4 Å². The van der Waals surface area contributed by atoms with E-state index in [1.165, 1.54) is 31.5 Å². The molecular weight excluding hydrogens is 248 g/mol. The van der Waals surface area contributed by atoms with Crippen molar-refractivity contribution in [2.75, 3.05) is 19.6 Å². The number of rotatable bonds is 7. The van der Waals surface area contributed by atoms with Gasteiger partial charge in [-0.1, -0.05) is 6.92 Å². The Morgan fingerprint density at radius 3 is 2.55 bits per heavy atom. The zero-order valence-electron chi connectivity index (χ0n) is 13.5. The summed E-state index contributed by atoms with van der Waals surface area (Å²) >= 11 is 0. The first-order chi connectivity index (χ1) is 9.57. The fraction of sp³-hybridized carbons (Fsp3) is 0.812. The molecule has 0 radical (unpaired) electrons. The lowest BCUT2D eigenvalue weighted by atomic mass is 9.88. The molecule has 1 aliphatic rings. The molecule has 1 unspecified atom stereocenters. The van der Waals surface area contributed by atoms with Crippen molar-refractivity contribution in [3.05, 3.63) is 18.0 Å². The molecular formula is C16H30N4. The van der Waals surface area contributed by atoms with Gasteiger partial charge in [0.15, 0.2) is 0 Å². The third-order valence-corrected chi connectivity index (χ3v) is 4.67. The van der Waals surface area contributed by atoms with Crippen molar-refractivity contribution in [2.24, 2.45) is 0 Å². The minimum Gasteiger partial charge on any atom is -0.312 e. The van der Waals surface area contributed by atoms with E-state index in [4.69, 9.17) is 0 Å². The Morgan fingerprint density at radius 1 is 1.30 bits per heavy atom. The smallest absolute Gasteiger partial charge is 0.0522 e. The third kappa shape index (κ3) is 3.41. The minimum atomic E-state index is 0.195. The molecule has 1 aromatic heterocycles. The summed E-state index contributed by atoms with van der Waals surface area (Å²) in [6.45, 7) is 13.5. The van der Waals surface area contributed by atoms with Gasteiger partial charge < -0.3 is 5.32 Å². The van der Waals surface area contributed by atoms with Gasteiger partial charge >= 0.3 is 0 Å². The Bertz CT molecular complexity index is 404. The van der Waals surface area contributed by atoms with Gasteiger partial charge in [-0.2, -0.15) is 5.10 Å². The molecule has 1 atom stereocenters. The maximum atomic E-state index is 4.40. The molecule has 0 aliphatic carbocycles. The van der Waals surface area contributed by atoms with Crippen molar-refractivity contribution in [1.29, 1.82) is 0 Å². The summed E-state index contributed by atoms with van der Waals surface area (Å²) in [7, 11) is 0. The summed E-state index contributed by atoms with van der Waals surface area (Å²) in [6, 6.07) is 0.472. The second-order valence-corrected chi connectivity index (χ2v) is 6.37. The summed E-state index contributed by atoms with van der Waals surface area (Å²) in [5, 5.41) is 8.10. The number of hydrogen-bond donors (Lipinski definition) is 1. The van der Waals surface area contributed by atoms with Gasteiger partial charge in [0.2, 0.25) is 0 Å². The van der Waals surface area contributed by atoms with Gasteiger partial charge in [0.25, 0.3) is 0 Å². The second kappa shape index (κ2) is 6.72. The van der Waals surface area contributed by atoms with Crippen LogP contribution in [-0.2, 0) is 13.0 Å². The van der Waals surface area contributed by atoms with Crippen LogP contribution in [0.25, 0.3) is 0 Å². The number of likely N-dealkylation sites (tertiary alicyclic amines) is 1. The molecule has 20 heavy (non-hydrogen) atoms. The SMILES string of the molecule is CCNC(Cc1cnn(CC)c1)C(C)(C)N1CCCC1. The van der Waals surface area contributed by atoms with Crippen LogP contribution in [0, 0.1) is 0 Å². The van der Waals surface area contributed by atoms with Gasteiger partial charge in [0.05, 0.1) is 6.20 Å². The number of hydrogen-bond acceptors (Lipinski definition) is 3. The van der Waals surface area contributed by atoms with Crippen LogP contribution in [0.5, 0.6) is 0 Å². The molecule has 2 rings (SSSR count). The van der Waals surface area contributed by atoms with Gasteiger partial charge in [-0.25, -0.2) is 0 Å². The molecule has 114 valence electrons. The highest BCUT2D eigenvalue weighted by Gasteiger charge is 2.36. The van der Waals surface area contributed by atoms with E-state index in [2.05, 4.69) is 49.2 Å². The normalized spacial score (nSPS) is 18.6. The third-order valence-electron chi connectivity index (χ3n) is 4.67. The number of nitrogens with zero attached hydrogens (tertiary/aromatic N) is 3. The zero-order chi connectivity index (χ0) is 14.6. The van der Waals surface area contributed by atoms with Crippen molar-refractivity contribution >= 4 is 0 Å². The summed E-state index contributed by atoms with van der Waals surface area (Å²) in [5.41, 5.74) is 1.53. The van der Waals surface area contributed by atoms with Gasteiger partial charge in [-0.3, -0.25) is 9.58 Å². The highest BCUT2D eigenvalue weighted by molar-refractivity contribution is 5.10. The lowest BCUT2D eigenvalue weighted by Gasteiger charge is -2.42. The fourth-order valence-electron chi connectivity index (χ4n) is 3.25. The van der Waals surface area contributed by atoms with Gasteiger partial charge in [0, 0.05) is 24.3 Å². The molecule has 0 bridgehead atoms. The monoisotopic (exact) mass is 278 g/mol. The fourth-order valence-corrected chi connectivity index (χ4v) is 3.25. The molecule has 4 nitrogen and oxygen atoms in total. The van der Waals surface area contributed by atoms with E-state index >= 15 is 0 Å². The quantitative estimate of drug-likeness (QED) is 0.831. The van der Waals surface area contributed by atoms with E-state index in [0.717, 1.165) is 19.5 Å². The molecule has 4 heteroatoms. The molecule has 0 amide bonds. The van der Waals surface area contributed by atoms with E-state index in [1.54, 1.807) is 0 Å². The molecule has 0 saturated carbocycles. The summed E-state index contributed by atoms with van der Waals surface area (Å²) in [4.78, 5) is 2.64. The van der Waals surface area contributed by atoms with Crippen molar-refractivity contribution in [3.63, 3.8) is 0 Å². The van der Waals surface area contributed by atoms with E-state index in [9.17, 15) is 0 Å². The van der Waals surface area contributed by atoms with Gasteiger partial charge in [-0.15, -0.1) is 0 Å². The average molecular weight is 278 g/mol. The predicted octanol–water partition coefficient (Wildman–Crippen LogP) is 2.30. The number of likely N-dealkylation sites (N-methyl/N-ethyl adjacent to an activating group) is 1. The predicted molar refractivity (Wildman–Crippen MR) is 84.0 cm³/mol. The molecule has 1 N–H and O–H groups in total. The maximum absolute atomic E-state index is 4.40.